The smallest absolute Gasteiger partial charge is 0.126 e. The molecule has 0 aromatic carbocycles. The molecule has 2 heterocycles. The van der Waals surface area contributed by atoms with Gasteiger partial charge in [-0.05, 0) is 52.0 Å². The summed E-state index contributed by atoms with van der Waals surface area (Å²) in [5.74, 6) is 0.616. The van der Waals surface area contributed by atoms with Gasteiger partial charge < -0.3 is 5.73 Å². The monoisotopic (exact) mass is 277 g/mol. The summed E-state index contributed by atoms with van der Waals surface area (Å²) in [7, 11) is 0. The van der Waals surface area contributed by atoms with E-state index in [0.717, 1.165) is 22.9 Å². The number of halogens is 1. The van der Waals surface area contributed by atoms with Gasteiger partial charge in [-0.25, -0.2) is 4.98 Å². The van der Waals surface area contributed by atoms with Crippen LogP contribution in [-0.2, 0) is 12.8 Å². The minimum Gasteiger partial charge on any atom is -0.383 e. The molecule has 16 heavy (non-hydrogen) atoms. The second kappa shape index (κ2) is 5.07. The van der Waals surface area contributed by atoms with Crippen LogP contribution in [0.3, 0.4) is 0 Å². The van der Waals surface area contributed by atoms with Crippen molar-refractivity contribution in [1.82, 2.24) is 9.97 Å². The lowest BCUT2D eigenvalue weighted by molar-refractivity contribution is 0.943. The van der Waals surface area contributed by atoms with Crippen molar-refractivity contribution in [3.8, 4) is 0 Å². The van der Waals surface area contributed by atoms with E-state index >= 15 is 0 Å². The van der Waals surface area contributed by atoms with E-state index in [-0.39, 0.29) is 0 Å². The zero-order valence-electron chi connectivity index (χ0n) is 8.73. The van der Waals surface area contributed by atoms with E-state index in [4.69, 9.17) is 5.73 Å². The number of nitrogen functional groups attached to an aromatic ring is 1. The van der Waals surface area contributed by atoms with Crippen molar-refractivity contribution < 1.29 is 0 Å². The van der Waals surface area contributed by atoms with Crippen LogP contribution in [0.2, 0.25) is 0 Å². The van der Waals surface area contributed by atoms with Crippen LogP contribution in [0.4, 0.5) is 5.82 Å². The van der Waals surface area contributed by atoms with Crippen LogP contribution in [0.5, 0.6) is 0 Å². The molecule has 0 saturated heterocycles. The Kier molecular flexibility index (Phi) is 3.51. The van der Waals surface area contributed by atoms with Gasteiger partial charge in [0, 0.05) is 23.1 Å². The zero-order valence-corrected chi connectivity index (χ0v) is 10.3. The lowest BCUT2D eigenvalue weighted by Gasteiger charge is -2.04. The molecule has 0 radical (unpaired) electrons. The minimum atomic E-state index is 0.616. The predicted molar refractivity (Wildman–Crippen MR) is 68.0 cm³/mol. The van der Waals surface area contributed by atoms with Crippen LogP contribution in [-0.4, -0.2) is 9.97 Å². The van der Waals surface area contributed by atoms with Crippen molar-refractivity contribution in [3.05, 3.63) is 52.4 Å². The predicted octanol–water partition coefficient (Wildman–Crippen LogP) is 2.61. The van der Waals surface area contributed by atoms with E-state index in [1.807, 2.05) is 18.3 Å². The molecule has 3 nitrogen and oxygen atoms in total. The summed E-state index contributed by atoms with van der Waals surface area (Å²) in [6.07, 6.45) is 7.17. The highest BCUT2D eigenvalue weighted by atomic mass is 79.9. The fourth-order valence-corrected chi connectivity index (χ4v) is 1.95. The van der Waals surface area contributed by atoms with Crippen molar-refractivity contribution in [2.75, 3.05) is 5.73 Å². The van der Waals surface area contributed by atoms with E-state index in [1.165, 1.54) is 5.56 Å². The van der Waals surface area contributed by atoms with Gasteiger partial charge in [0.2, 0.25) is 0 Å². The number of aryl methyl sites for hydroxylation is 2. The molecule has 0 spiro atoms. The van der Waals surface area contributed by atoms with Crippen molar-refractivity contribution in [2.24, 2.45) is 0 Å². The van der Waals surface area contributed by atoms with Crippen molar-refractivity contribution in [1.29, 1.82) is 0 Å². The summed E-state index contributed by atoms with van der Waals surface area (Å²) in [6, 6.07) is 5.98. The molecule has 0 unspecified atom stereocenters. The lowest BCUT2D eigenvalue weighted by atomic mass is 10.1. The maximum absolute atomic E-state index is 5.78. The molecule has 0 aliphatic heterocycles. The standard InChI is InChI=1S/C12H12BrN3/c13-11-6-9(7-15-8-11)3-4-10-2-1-5-16-12(10)14/h1-2,5-8H,3-4H2,(H2,14,16). The first-order valence-corrected chi connectivity index (χ1v) is 5.84. The van der Waals surface area contributed by atoms with Crippen molar-refractivity contribution >= 4 is 21.7 Å². The van der Waals surface area contributed by atoms with Gasteiger partial charge in [-0.3, -0.25) is 4.98 Å². The highest BCUT2D eigenvalue weighted by molar-refractivity contribution is 9.10. The number of pyridine rings is 2. The van der Waals surface area contributed by atoms with Crippen LogP contribution in [0.25, 0.3) is 0 Å². The second-order valence-electron chi connectivity index (χ2n) is 3.56. The molecule has 0 saturated carbocycles. The quantitative estimate of drug-likeness (QED) is 0.938. The van der Waals surface area contributed by atoms with E-state index in [2.05, 4.69) is 32.0 Å². The van der Waals surface area contributed by atoms with E-state index in [9.17, 15) is 0 Å². The molecule has 4 heteroatoms. The lowest BCUT2D eigenvalue weighted by Crippen LogP contribution is -1.99. The second-order valence-corrected chi connectivity index (χ2v) is 4.47. The average molecular weight is 278 g/mol. The van der Waals surface area contributed by atoms with Gasteiger partial charge in [0.05, 0.1) is 0 Å². The molecule has 2 aromatic heterocycles. The first-order chi connectivity index (χ1) is 7.75. The highest BCUT2D eigenvalue weighted by Crippen LogP contribution is 2.14. The van der Waals surface area contributed by atoms with Crippen LogP contribution in [0.15, 0.2) is 41.3 Å². The molecule has 0 bridgehead atoms. The molecule has 2 aromatic rings. The Hall–Kier alpha value is -1.42. The third-order valence-electron chi connectivity index (χ3n) is 2.37. The van der Waals surface area contributed by atoms with Crippen molar-refractivity contribution in [2.45, 2.75) is 12.8 Å². The first kappa shape index (κ1) is 11.1. The normalized spacial score (nSPS) is 10.3. The minimum absolute atomic E-state index is 0.616. The Morgan fingerprint density at radius 2 is 2.12 bits per heavy atom. The van der Waals surface area contributed by atoms with Gasteiger partial charge in [0.1, 0.15) is 5.82 Å². The molecule has 0 aliphatic carbocycles. The number of anilines is 1. The maximum atomic E-state index is 5.78. The molecule has 2 rings (SSSR count). The number of rotatable bonds is 3. The van der Waals surface area contributed by atoms with E-state index in [0.29, 0.717) is 5.82 Å². The van der Waals surface area contributed by atoms with Gasteiger partial charge in [0.15, 0.2) is 0 Å². The Labute approximate surface area is 103 Å². The Bertz CT molecular complexity index is 485. The van der Waals surface area contributed by atoms with Crippen LogP contribution in [0, 0.1) is 0 Å². The van der Waals surface area contributed by atoms with Gasteiger partial charge in [-0.15, -0.1) is 0 Å². The largest absolute Gasteiger partial charge is 0.383 e. The number of nitrogens with two attached hydrogens (primary N) is 1. The summed E-state index contributed by atoms with van der Waals surface area (Å²) in [5, 5.41) is 0. The van der Waals surface area contributed by atoms with Gasteiger partial charge in [0.25, 0.3) is 0 Å². The highest BCUT2D eigenvalue weighted by Gasteiger charge is 2.00. The summed E-state index contributed by atoms with van der Waals surface area (Å²) in [6.45, 7) is 0. The number of hydrogen-bond acceptors (Lipinski definition) is 3. The molecule has 0 aliphatic rings. The Morgan fingerprint density at radius 3 is 2.88 bits per heavy atom. The van der Waals surface area contributed by atoms with Gasteiger partial charge in [-0.2, -0.15) is 0 Å². The zero-order chi connectivity index (χ0) is 11.4. The van der Waals surface area contributed by atoms with Crippen LogP contribution < -0.4 is 5.73 Å². The molecule has 2 N–H and O–H groups in total. The molecule has 0 amide bonds. The number of nitrogens with zero attached hydrogens (tertiary/aromatic N) is 2. The fraction of sp³-hybridized carbons (Fsp3) is 0.167. The third kappa shape index (κ3) is 2.79. The summed E-state index contributed by atoms with van der Waals surface area (Å²) in [4.78, 5) is 8.19. The van der Waals surface area contributed by atoms with Crippen LogP contribution >= 0.6 is 15.9 Å². The first-order valence-electron chi connectivity index (χ1n) is 5.04. The fourth-order valence-electron chi connectivity index (χ4n) is 1.53. The maximum Gasteiger partial charge on any atom is 0.126 e. The number of hydrogen-bond donors (Lipinski definition) is 1. The Morgan fingerprint density at radius 1 is 1.25 bits per heavy atom. The van der Waals surface area contributed by atoms with E-state index < -0.39 is 0 Å². The average Bonchev–Trinajstić information content (AvgIpc) is 2.28. The molecule has 82 valence electrons. The van der Waals surface area contributed by atoms with Crippen LogP contribution in [0.1, 0.15) is 11.1 Å². The number of aromatic nitrogens is 2. The SMILES string of the molecule is Nc1ncccc1CCc1cncc(Br)c1. The molecular weight excluding hydrogens is 266 g/mol. The molecular formula is C12H12BrN3. The topological polar surface area (TPSA) is 51.8 Å². The third-order valence-corrected chi connectivity index (χ3v) is 2.80. The summed E-state index contributed by atoms with van der Waals surface area (Å²) >= 11 is 3.40. The van der Waals surface area contributed by atoms with E-state index in [1.54, 1.807) is 12.4 Å². The molecule has 0 fully saturated rings. The summed E-state index contributed by atoms with van der Waals surface area (Å²) in [5.41, 5.74) is 8.06. The van der Waals surface area contributed by atoms with Gasteiger partial charge >= 0.3 is 0 Å². The summed E-state index contributed by atoms with van der Waals surface area (Å²) < 4.78 is 1.00. The van der Waals surface area contributed by atoms with Gasteiger partial charge in [-0.1, -0.05) is 6.07 Å². The van der Waals surface area contributed by atoms with Crippen molar-refractivity contribution in [3.63, 3.8) is 0 Å². The molecule has 0 atom stereocenters. The Balaban J connectivity index is 2.05.